The molecule has 1 unspecified atom stereocenters. The number of nitrogens with zero attached hydrogens (tertiary/aromatic N) is 4. The fraction of sp³-hybridized carbons (Fsp3) is 0.400. The molecule has 0 spiro atoms. The molecule has 0 radical (unpaired) electrons. The van der Waals surface area contributed by atoms with Gasteiger partial charge < -0.3 is 9.73 Å². The molecule has 0 aromatic carbocycles. The Morgan fingerprint density at radius 1 is 1.24 bits per heavy atom. The van der Waals surface area contributed by atoms with E-state index in [0.29, 0.717) is 31.9 Å². The molecular formula is C20H16F7N5O2. The summed E-state index contributed by atoms with van der Waals surface area (Å²) in [6.07, 6.45) is -2.70. The van der Waals surface area contributed by atoms with E-state index < -0.39 is 52.4 Å². The van der Waals surface area contributed by atoms with Crippen LogP contribution in [0.2, 0.25) is 0 Å². The van der Waals surface area contributed by atoms with Crippen LogP contribution >= 0.6 is 0 Å². The van der Waals surface area contributed by atoms with Crippen LogP contribution in [0, 0.1) is 0 Å². The van der Waals surface area contributed by atoms with Gasteiger partial charge in [0.25, 0.3) is 11.8 Å². The van der Waals surface area contributed by atoms with Crippen LogP contribution in [0.4, 0.5) is 30.7 Å². The standard InChI is InChI=1S/C20H16F7N5O2/c1-19(23,24)13-7-9(5-6-28-13)17-30-15-10(3-2-4-12(15)34-17)29-16(33)11-8-14(20(25,26)27)32(31-11)18(21)22/h5-8,10,18H,2-4H2,1H3,(H,29,33). The molecule has 0 fully saturated rings. The molecule has 3 aromatic rings. The maximum atomic E-state index is 13.6. The van der Waals surface area contributed by atoms with Gasteiger partial charge in [-0.15, -0.1) is 0 Å². The van der Waals surface area contributed by atoms with Crippen LogP contribution in [0.1, 0.15) is 65.7 Å². The van der Waals surface area contributed by atoms with Crippen molar-refractivity contribution in [2.24, 2.45) is 0 Å². The summed E-state index contributed by atoms with van der Waals surface area (Å²) in [6, 6.07) is 1.95. The zero-order valence-electron chi connectivity index (χ0n) is 17.3. The third-order valence-corrected chi connectivity index (χ3v) is 5.16. The lowest BCUT2D eigenvalue weighted by Crippen LogP contribution is -2.31. The molecule has 4 rings (SSSR count). The van der Waals surface area contributed by atoms with Crippen LogP contribution < -0.4 is 5.32 Å². The highest BCUT2D eigenvalue weighted by Crippen LogP contribution is 2.36. The number of rotatable bonds is 5. The number of hydrogen-bond donors (Lipinski definition) is 1. The number of oxazole rings is 1. The first-order chi connectivity index (χ1) is 15.8. The minimum absolute atomic E-state index is 0.000356. The van der Waals surface area contributed by atoms with Crippen LogP contribution in [0.3, 0.4) is 0 Å². The highest BCUT2D eigenvalue weighted by Gasteiger charge is 2.39. The average Bonchev–Trinajstić information content (AvgIpc) is 3.39. The number of nitrogens with one attached hydrogen (secondary N) is 1. The Morgan fingerprint density at radius 3 is 2.59 bits per heavy atom. The van der Waals surface area contributed by atoms with Crippen molar-refractivity contribution < 1.29 is 39.9 Å². The van der Waals surface area contributed by atoms with Gasteiger partial charge in [0.2, 0.25) is 5.89 Å². The molecule has 3 heterocycles. The summed E-state index contributed by atoms with van der Waals surface area (Å²) in [5.41, 5.74) is -2.62. The molecule has 0 saturated carbocycles. The van der Waals surface area contributed by atoms with Crippen molar-refractivity contribution in [2.75, 3.05) is 0 Å². The van der Waals surface area contributed by atoms with Crippen molar-refractivity contribution in [2.45, 2.75) is 50.9 Å². The van der Waals surface area contributed by atoms with Gasteiger partial charge in [-0.05, 0) is 25.0 Å². The number of carbonyl (C=O) groups excluding carboxylic acids is 1. The first-order valence-corrected chi connectivity index (χ1v) is 9.94. The minimum Gasteiger partial charge on any atom is -0.441 e. The van der Waals surface area contributed by atoms with Gasteiger partial charge in [-0.2, -0.15) is 40.5 Å². The monoisotopic (exact) mass is 491 g/mol. The molecule has 1 N–H and O–H groups in total. The molecule has 0 bridgehead atoms. The van der Waals surface area contributed by atoms with Gasteiger partial charge >= 0.3 is 12.7 Å². The summed E-state index contributed by atoms with van der Waals surface area (Å²) in [4.78, 5) is 20.4. The number of fused-ring (bicyclic) bond motifs is 1. The smallest absolute Gasteiger partial charge is 0.433 e. The molecule has 182 valence electrons. The Balaban J connectivity index is 1.60. The van der Waals surface area contributed by atoms with Gasteiger partial charge in [-0.1, -0.05) is 0 Å². The predicted molar refractivity (Wildman–Crippen MR) is 101 cm³/mol. The van der Waals surface area contributed by atoms with E-state index in [0.717, 1.165) is 6.07 Å². The van der Waals surface area contributed by atoms with Gasteiger partial charge in [-0.25, -0.2) is 4.98 Å². The number of aromatic nitrogens is 4. The van der Waals surface area contributed by atoms with Crippen LogP contribution in [0.25, 0.3) is 11.5 Å². The molecule has 7 nitrogen and oxygen atoms in total. The fourth-order valence-electron chi connectivity index (χ4n) is 3.58. The van der Waals surface area contributed by atoms with Crippen LogP contribution in [0.15, 0.2) is 28.8 Å². The van der Waals surface area contributed by atoms with E-state index in [1.807, 2.05) is 0 Å². The molecule has 14 heteroatoms. The summed E-state index contributed by atoms with van der Waals surface area (Å²) in [5, 5.41) is 5.54. The Labute approximate surface area is 187 Å². The zero-order valence-corrected chi connectivity index (χ0v) is 17.3. The van der Waals surface area contributed by atoms with Crippen LogP contribution in [-0.2, 0) is 18.5 Å². The van der Waals surface area contributed by atoms with Crippen LogP contribution in [-0.4, -0.2) is 25.7 Å². The second-order valence-electron chi connectivity index (χ2n) is 7.70. The molecule has 3 aromatic heterocycles. The molecule has 1 amide bonds. The number of aryl methyl sites for hydroxylation is 1. The van der Waals surface area contributed by atoms with Crippen molar-refractivity contribution in [3.63, 3.8) is 0 Å². The Bertz CT molecular complexity index is 1210. The first kappa shape index (κ1) is 23.7. The number of amides is 1. The Hall–Kier alpha value is -3.45. The number of alkyl halides is 7. The second-order valence-corrected chi connectivity index (χ2v) is 7.70. The summed E-state index contributed by atoms with van der Waals surface area (Å²) < 4.78 is 97.3. The highest BCUT2D eigenvalue weighted by molar-refractivity contribution is 5.92. The normalized spacial score (nSPS) is 16.6. The van der Waals surface area contributed by atoms with Crippen molar-refractivity contribution in [3.8, 4) is 11.5 Å². The summed E-state index contributed by atoms with van der Waals surface area (Å²) in [7, 11) is 0. The number of pyridine rings is 1. The van der Waals surface area contributed by atoms with Crippen molar-refractivity contribution in [3.05, 3.63) is 52.9 Å². The molecule has 0 aliphatic heterocycles. The topological polar surface area (TPSA) is 85.8 Å². The van der Waals surface area contributed by atoms with Crippen LogP contribution in [0.5, 0.6) is 0 Å². The summed E-state index contributed by atoms with van der Waals surface area (Å²) in [5.74, 6) is -3.94. The predicted octanol–water partition coefficient (Wildman–Crippen LogP) is 5.27. The molecule has 1 aliphatic carbocycles. The Kier molecular flexibility index (Phi) is 5.85. The molecule has 1 atom stereocenters. The quantitative estimate of drug-likeness (QED) is 0.492. The maximum absolute atomic E-state index is 13.6. The highest BCUT2D eigenvalue weighted by atomic mass is 19.4. The van der Waals surface area contributed by atoms with E-state index in [1.165, 1.54) is 12.3 Å². The van der Waals surface area contributed by atoms with Crippen molar-refractivity contribution >= 4 is 5.91 Å². The number of carbonyl (C=O) groups is 1. The summed E-state index contributed by atoms with van der Waals surface area (Å²) in [6.45, 7) is -2.91. The third kappa shape index (κ3) is 4.61. The lowest BCUT2D eigenvalue weighted by Gasteiger charge is -2.20. The van der Waals surface area contributed by atoms with Gasteiger partial charge in [0.1, 0.15) is 22.8 Å². The van der Waals surface area contributed by atoms with Crippen molar-refractivity contribution in [1.29, 1.82) is 0 Å². The van der Waals surface area contributed by atoms with E-state index in [2.05, 4.69) is 20.4 Å². The fourth-order valence-corrected chi connectivity index (χ4v) is 3.58. The van der Waals surface area contributed by atoms with Gasteiger partial charge in [0, 0.05) is 31.2 Å². The Morgan fingerprint density at radius 2 is 1.97 bits per heavy atom. The molecule has 34 heavy (non-hydrogen) atoms. The SMILES string of the molecule is CC(F)(F)c1cc(-c2nc3c(o2)CCCC3NC(=O)c2cc(C(F)(F)F)n(C(F)F)n2)ccn1. The second kappa shape index (κ2) is 8.40. The maximum Gasteiger partial charge on any atom is 0.433 e. The third-order valence-electron chi connectivity index (χ3n) is 5.16. The van der Waals surface area contributed by atoms with Gasteiger partial charge in [0.05, 0.1) is 6.04 Å². The van der Waals surface area contributed by atoms with Gasteiger partial charge in [0.15, 0.2) is 5.69 Å². The van der Waals surface area contributed by atoms with E-state index in [-0.39, 0.29) is 23.2 Å². The van der Waals surface area contributed by atoms with Crippen molar-refractivity contribution in [1.82, 2.24) is 25.1 Å². The summed E-state index contributed by atoms with van der Waals surface area (Å²) >= 11 is 0. The minimum atomic E-state index is -5.14. The molecule has 0 saturated heterocycles. The average molecular weight is 491 g/mol. The van der Waals surface area contributed by atoms with E-state index in [9.17, 15) is 35.5 Å². The number of hydrogen-bond acceptors (Lipinski definition) is 5. The lowest BCUT2D eigenvalue weighted by atomic mass is 9.96. The van der Waals surface area contributed by atoms with E-state index in [1.54, 1.807) is 0 Å². The lowest BCUT2D eigenvalue weighted by molar-refractivity contribution is -0.149. The van der Waals surface area contributed by atoms with E-state index >= 15 is 0 Å². The molecule has 1 aliphatic rings. The largest absolute Gasteiger partial charge is 0.441 e. The first-order valence-electron chi connectivity index (χ1n) is 9.94. The number of halogens is 7. The van der Waals surface area contributed by atoms with Gasteiger partial charge in [-0.3, -0.25) is 9.78 Å². The molecular weight excluding hydrogens is 475 g/mol. The zero-order chi connectivity index (χ0) is 24.8. The van der Waals surface area contributed by atoms with E-state index in [4.69, 9.17) is 4.42 Å².